The van der Waals surface area contributed by atoms with Crippen molar-refractivity contribution in [3.63, 3.8) is 0 Å². The van der Waals surface area contributed by atoms with Crippen LogP contribution < -0.4 is 4.90 Å². The van der Waals surface area contributed by atoms with Crippen molar-refractivity contribution in [3.05, 3.63) is 41.0 Å². The van der Waals surface area contributed by atoms with Crippen LogP contribution in [-0.4, -0.2) is 72.6 Å². The smallest absolute Gasteiger partial charge is 0.263 e. The first-order valence-electron chi connectivity index (χ1n) is 11.7. The maximum Gasteiger partial charge on any atom is 0.263 e. The highest BCUT2D eigenvalue weighted by molar-refractivity contribution is 7.89. The van der Waals surface area contributed by atoms with Crippen molar-refractivity contribution in [3.8, 4) is 0 Å². The third kappa shape index (κ3) is 5.20. The molecule has 2 aromatic rings. The van der Waals surface area contributed by atoms with Gasteiger partial charge in [0.05, 0.1) is 5.56 Å². The molecule has 1 atom stereocenters. The molecule has 10 heteroatoms. The Balaban J connectivity index is 1.55. The number of hydrogen-bond donors (Lipinski definition) is 0. The van der Waals surface area contributed by atoms with Crippen LogP contribution in [0.4, 0.5) is 5.69 Å². The predicted molar refractivity (Wildman–Crippen MR) is 129 cm³/mol. The number of carbonyl (C=O) groups excluding carboxylic acids is 1. The van der Waals surface area contributed by atoms with Crippen LogP contribution in [0.1, 0.15) is 43.5 Å². The molecule has 1 amide bonds. The molecule has 0 saturated carbocycles. The molecular formula is C23H32ClN5O3S. The molecule has 2 aliphatic rings. The van der Waals surface area contributed by atoms with Gasteiger partial charge >= 0.3 is 0 Å². The lowest BCUT2D eigenvalue weighted by molar-refractivity contribution is 0.0679. The van der Waals surface area contributed by atoms with Gasteiger partial charge in [0, 0.05) is 62.7 Å². The van der Waals surface area contributed by atoms with Crippen molar-refractivity contribution in [1.29, 1.82) is 0 Å². The van der Waals surface area contributed by atoms with E-state index in [2.05, 4.69) is 16.9 Å². The van der Waals surface area contributed by atoms with E-state index in [0.717, 1.165) is 24.9 Å². The molecule has 0 N–H and O–H groups in total. The summed E-state index contributed by atoms with van der Waals surface area (Å²) in [6, 6.07) is 7.55. The molecule has 0 spiro atoms. The molecule has 1 aromatic carbocycles. The highest BCUT2D eigenvalue weighted by Gasteiger charge is 2.36. The van der Waals surface area contributed by atoms with Gasteiger partial charge in [-0.1, -0.05) is 25.4 Å². The maximum absolute atomic E-state index is 13.6. The average Bonchev–Trinajstić information content (AvgIpc) is 3.24. The predicted octanol–water partition coefficient (Wildman–Crippen LogP) is 3.33. The van der Waals surface area contributed by atoms with Gasteiger partial charge in [0.15, 0.2) is 0 Å². The van der Waals surface area contributed by atoms with Gasteiger partial charge < -0.3 is 9.80 Å². The summed E-state index contributed by atoms with van der Waals surface area (Å²) in [5, 5.41) is 4.94. The van der Waals surface area contributed by atoms with Crippen molar-refractivity contribution in [2.24, 2.45) is 5.92 Å². The number of benzene rings is 1. The number of piperidine rings is 1. The van der Waals surface area contributed by atoms with Crippen LogP contribution in [0.2, 0.25) is 5.02 Å². The van der Waals surface area contributed by atoms with Gasteiger partial charge in [0.25, 0.3) is 15.9 Å². The van der Waals surface area contributed by atoms with E-state index in [9.17, 15) is 13.2 Å². The second-order valence-electron chi connectivity index (χ2n) is 8.98. The van der Waals surface area contributed by atoms with Crippen LogP contribution in [0.25, 0.3) is 0 Å². The lowest BCUT2D eigenvalue weighted by Crippen LogP contribution is -2.49. The summed E-state index contributed by atoms with van der Waals surface area (Å²) in [7, 11) is -3.89. The fraction of sp³-hybridized carbons (Fsp3) is 0.565. The number of likely N-dealkylation sites (tertiary alicyclic amines) is 1. The Morgan fingerprint density at radius 1 is 1.12 bits per heavy atom. The number of hydrogen-bond acceptors (Lipinski definition) is 5. The molecule has 3 heterocycles. The van der Waals surface area contributed by atoms with E-state index < -0.39 is 10.0 Å². The van der Waals surface area contributed by atoms with Crippen molar-refractivity contribution in [1.82, 2.24) is 19.0 Å². The summed E-state index contributed by atoms with van der Waals surface area (Å²) in [4.78, 5) is 17.3. The van der Waals surface area contributed by atoms with Crippen LogP contribution in [0.15, 0.2) is 35.5 Å². The number of aromatic nitrogens is 2. The number of carbonyl (C=O) groups is 1. The second kappa shape index (κ2) is 10.0. The van der Waals surface area contributed by atoms with Crippen LogP contribution in [0.3, 0.4) is 0 Å². The standard InChI is InChI=1S/C23H32ClN5O3S/c1-3-10-28-17-21(23(30)27-11-4-5-18(2)16-27)22(25-28)33(31,32)29-14-12-26(13-15-29)20-8-6-19(24)7-9-20/h6-9,17-18H,3-5,10-16H2,1-2H3. The minimum Gasteiger partial charge on any atom is -0.369 e. The zero-order valence-electron chi connectivity index (χ0n) is 19.3. The van der Waals surface area contributed by atoms with Gasteiger partial charge in [-0.3, -0.25) is 9.48 Å². The quantitative estimate of drug-likeness (QED) is 0.616. The van der Waals surface area contributed by atoms with Crippen molar-refractivity contribution < 1.29 is 13.2 Å². The van der Waals surface area contributed by atoms with Gasteiger partial charge in [-0.2, -0.15) is 9.40 Å². The molecule has 0 aliphatic carbocycles. The Kier molecular flexibility index (Phi) is 7.31. The summed E-state index contributed by atoms with van der Waals surface area (Å²) in [5.74, 6) is 0.177. The molecule has 2 fully saturated rings. The SMILES string of the molecule is CCCn1cc(C(=O)N2CCCC(C)C2)c(S(=O)(=O)N2CCN(c3ccc(Cl)cc3)CC2)n1. The van der Waals surface area contributed by atoms with E-state index >= 15 is 0 Å². The summed E-state index contributed by atoms with van der Waals surface area (Å²) >= 11 is 5.98. The molecular weight excluding hydrogens is 462 g/mol. The van der Waals surface area contributed by atoms with Crippen LogP contribution in [-0.2, 0) is 16.6 Å². The van der Waals surface area contributed by atoms with E-state index in [-0.39, 0.29) is 16.5 Å². The Hall–Kier alpha value is -2.10. The Labute approximate surface area is 201 Å². The molecule has 0 radical (unpaired) electrons. The maximum atomic E-state index is 13.6. The first kappa shape index (κ1) is 24.0. The Morgan fingerprint density at radius 2 is 1.82 bits per heavy atom. The van der Waals surface area contributed by atoms with Gasteiger partial charge in [0.2, 0.25) is 5.03 Å². The van der Waals surface area contributed by atoms with E-state index in [1.54, 1.807) is 15.8 Å². The minimum absolute atomic E-state index is 0.112. The van der Waals surface area contributed by atoms with Crippen molar-refractivity contribution in [2.45, 2.75) is 44.7 Å². The van der Waals surface area contributed by atoms with Crippen LogP contribution in [0, 0.1) is 5.92 Å². The first-order valence-corrected chi connectivity index (χ1v) is 13.5. The fourth-order valence-corrected chi connectivity index (χ4v) is 6.23. The van der Waals surface area contributed by atoms with Gasteiger partial charge in [-0.15, -0.1) is 0 Å². The second-order valence-corrected chi connectivity index (χ2v) is 11.3. The summed E-state index contributed by atoms with van der Waals surface area (Å²) < 4.78 is 30.3. The lowest BCUT2D eigenvalue weighted by atomic mass is 10.00. The number of rotatable bonds is 6. The Bertz CT molecular complexity index is 1080. The highest BCUT2D eigenvalue weighted by Crippen LogP contribution is 2.26. The average molecular weight is 494 g/mol. The van der Waals surface area contributed by atoms with Gasteiger partial charge in [-0.05, 0) is 49.4 Å². The largest absolute Gasteiger partial charge is 0.369 e. The van der Waals surface area contributed by atoms with Crippen molar-refractivity contribution >= 4 is 33.2 Å². The molecule has 1 aromatic heterocycles. The molecule has 2 saturated heterocycles. The number of halogens is 1. The van der Waals surface area contributed by atoms with Crippen LogP contribution >= 0.6 is 11.6 Å². The van der Waals surface area contributed by atoms with E-state index in [1.165, 1.54) is 4.31 Å². The minimum atomic E-state index is -3.89. The molecule has 1 unspecified atom stereocenters. The topological polar surface area (TPSA) is 78.8 Å². The zero-order chi connectivity index (χ0) is 23.6. The molecule has 0 bridgehead atoms. The zero-order valence-corrected chi connectivity index (χ0v) is 20.9. The number of sulfonamides is 1. The number of nitrogens with zero attached hydrogens (tertiary/aromatic N) is 5. The van der Waals surface area contributed by atoms with E-state index in [1.807, 2.05) is 31.2 Å². The van der Waals surface area contributed by atoms with E-state index in [0.29, 0.717) is 56.8 Å². The molecule has 4 rings (SSSR count). The lowest BCUT2D eigenvalue weighted by Gasteiger charge is -2.35. The number of piperazine rings is 1. The van der Waals surface area contributed by atoms with Gasteiger partial charge in [0.1, 0.15) is 0 Å². The summed E-state index contributed by atoms with van der Waals surface area (Å²) in [5.41, 5.74) is 1.21. The normalized spacial score (nSPS) is 20.3. The Morgan fingerprint density at radius 3 is 2.45 bits per heavy atom. The third-order valence-electron chi connectivity index (χ3n) is 6.37. The number of amides is 1. The highest BCUT2D eigenvalue weighted by atomic mass is 35.5. The molecule has 33 heavy (non-hydrogen) atoms. The summed E-state index contributed by atoms with van der Waals surface area (Å²) in [6.07, 6.45) is 4.43. The van der Waals surface area contributed by atoms with Crippen LogP contribution in [0.5, 0.6) is 0 Å². The molecule has 8 nitrogen and oxygen atoms in total. The van der Waals surface area contributed by atoms with Gasteiger partial charge in [-0.25, -0.2) is 8.42 Å². The molecule has 2 aliphatic heterocycles. The van der Waals surface area contributed by atoms with Crippen molar-refractivity contribution in [2.75, 3.05) is 44.2 Å². The third-order valence-corrected chi connectivity index (χ3v) is 8.46. The fourth-order valence-electron chi connectivity index (χ4n) is 4.59. The first-order chi connectivity index (χ1) is 15.8. The molecule has 180 valence electrons. The number of aryl methyl sites for hydroxylation is 1. The number of anilines is 1. The summed E-state index contributed by atoms with van der Waals surface area (Å²) in [6.45, 7) is 7.78. The monoisotopic (exact) mass is 493 g/mol. The van der Waals surface area contributed by atoms with E-state index in [4.69, 9.17) is 11.6 Å².